The van der Waals surface area contributed by atoms with Gasteiger partial charge in [-0.2, -0.15) is 0 Å². The van der Waals surface area contributed by atoms with E-state index in [0.717, 1.165) is 18.5 Å². The highest BCUT2D eigenvalue weighted by Crippen LogP contribution is 2.21. The van der Waals surface area contributed by atoms with Gasteiger partial charge in [0.15, 0.2) is 0 Å². The SMILES string of the molecule is CC[C@H](NC(=O)c1ccc(CN2CCCCC2)cc1)c1ccc(C)c(C)c1. The van der Waals surface area contributed by atoms with E-state index in [1.807, 2.05) is 12.1 Å². The van der Waals surface area contributed by atoms with Crippen LogP contribution in [0.1, 0.15) is 71.3 Å². The summed E-state index contributed by atoms with van der Waals surface area (Å²) < 4.78 is 0. The maximum Gasteiger partial charge on any atom is 0.251 e. The molecule has 0 unspecified atom stereocenters. The third kappa shape index (κ3) is 5.20. The first-order valence-electron chi connectivity index (χ1n) is 10.3. The highest BCUT2D eigenvalue weighted by atomic mass is 16.1. The Morgan fingerprint density at radius 1 is 1.00 bits per heavy atom. The third-order valence-electron chi connectivity index (χ3n) is 5.72. The van der Waals surface area contributed by atoms with E-state index in [0.29, 0.717) is 0 Å². The molecule has 1 aliphatic heterocycles. The zero-order valence-electron chi connectivity index (χ0n) is 16.9. The van der Waals surface area contributed by atoms with Gasteiger partial charge in [0.05, 0.1) is 6.04 Å². The standard InChI is InChI=1S/C24H32N2O/c1-4-23(22-11-8-18(2)19(3)16-22)25-24(27)21-12-9-20(10-13-21)17-26-14-6-5-7-15-26/h8-13,16,23H,4-7,14-15,17H2,1-3H3,(H,25,27)/t23-/m0/s1. The van der Waals surface area contributed by atoms with Crippen molar-refractivity contribution in [2.24, 2.45) is 0 Å². The van der Waals surface area contributed by atoms with Crippen molar-refractivity contribution in [1.29, 1.82) is 0 Å². The van der Waals surface area contributed by atoms with Crippen LogP contribution >= 0.6 is 0 Å². The monoisotopic (exact) mass is 364 g/mol. The normalized spacial score (nSPS) is 16.1. The number of aryl methyl sites for hydroxylation is 2. The van der Waals surface area contributed by atoms with Gasteiger partial charge >= 0.3 is 0 Å². The first-order chi connectivity index (χ1) is 13.1. The lowest BCUT2D eigenvalue weighted by atomic mass is 9.99. The second-order valence-electron chi connectivity index (χ2n) is 7.81. The quantitative estimate of drug-likeness (QED) is 0.767. The Hall–Kier alpha value is -2.13. The van der Waals surface area contributed by atoms with Crippen molar-refractivity contribution < 1.29 is 4.79 Å². The van der Waals surface area contributed by atoms with Gasteiger partial charge in [0, 0.05) is 12.1 Å². The Kier molecular flexibility index (Phi) is 6.68. The molecular formula is C24H32N2O. The van der Waals surface area contributed by atoms with Crippen molar-refractivity contribution in [3.8, 4) is 0 Å². The Labute approximate surface area is 163 Å². The van der Waals surface area contributed by atoms with E-state index >= 15 is 0 Å². The number of benzene rings is 2. The molecule has 2 aromatic carbocycles. The van der Waals surface area contributed by atoms with Gasteiger partial charge in [-0.15, -0.1) is 0 Å². The van der Waals surface area contributed by atoms with Gasteiger partial charge in [-0.1, -0.05) is 43.7 Å². The topological polar surface area (TPSA) is 32.3 Å². The number of carbonyl (C=O) groups excluding carboxylic acids is 1. The largest absolute Gasteiger partial charge is 0.345 e. The number of piperidine rings is 1. The number of hydrogen-bond acceptors (Lipinski definition) is 2. The summed E-state index contributed by atoms with van der Waals surface area (Å²) in [5, 5.41) is 3.20. The molecule has 0 radical (unpaired) electrons. The number of rotatable bonds is 6. The Bertz CT molecular complexity index is 760. The molecule has 3 heteroatoms. The molecule has 1 saturated heterocycles. The van der Waals surface area contributed by atoms with Gasteiger partial charge in [-0.25, -0.2) is 0 Å². The fourth-order valence-corrected chi connectivity index (χ4v) is 3.78. The van der Waals surface area contributed by atoms with Gasteiger partial charge in [-0.05, 0) is 80.6 Å². The lowest BCUT2D eigenvalue weighted by molar-refractivity contribution is 0.0935. The van der Waals surface area contributed by atoms with E-state index in [9.17, 15) is 4.79 Å². The molecule has 3 nitrogen and oxygen atoms in total. The maximum atomic E-state index is 12.7. The number of likely N-dealkylation sites (tertiary alicyclic amines) is 1. The van der Waals surface area contributed by atoms with Crippen LogP contribution in [0.4, 0.5) is 0 Å². The van der Waals surface area contributed by atoms with Gasteiger partial charge in [0.2, 0.25) is 0 Å². The van der Waals surface area contributed by atoms with Crippen LogP contribution < -0.4 is 5.32 Å². The summed E-state index contributed by atoms with van der Waals surface area (Å²) in [7, 11) is 0. The van der Waals surface area contributed by atoms with Gasteiger partial charge in [-0.3, -0.25) is 9.69 Å². The van der Waals surface area contributed by atoms with E-state index in [4.69, 9.17) is 0 Å². The number of hydrogen-bond donors (Lipinski definition) is 1. The van der Waals surface area contributed by atoms with Crippen molar-refractivity contribution >= 4 is 5.91 Å². The summed E-state index contributed by atoms with van der Waals surface area (Å²) in [4.78, 5) is 15.2. The van der Waals surface area contributed by atoms with Crippen molar-refractivity contribution in [3.63, 3.8) is 0 Å². The number of amides is 1. The number of carbonyl (C=O) groups is 1. The summed E-state index contributed by atoms with van der Waals surface area (Å²) in [6.45, 7) is 9.72. The van der Waals surface area contributed by atoms with Crippen molar-refractivity contribution in [3.05, 3.63) is 70.3 Å². The molecule has 2 aromatic rings. The highest BCUT2D eigenvalue weighted by molar-refractivity contribution is 5.94. The third-order valence-corrected chi connectivity index (χ3v) is 5.72. The summed E-state index contributed by atoms with van der Waals surface area (Å²) in [6.07, 6.45) is 4.84. The average molecular weight is 365 g/mol. The maximum absolute atomic E-state index is 12.7. The Balaban J connectivity index is 1.63. The molecule has 0 spiro atoms. The van der Waals surface area contributed by atoms with Crippen LogP contribution in [0.25, 0.3) is 0 Å². The van der Waals surface area contributed by atoms with Gasteiger partial charge in [0.1, 0.15) is 0 Å². The molecule has 0 aliphatic carbocycles. The van der Waals surface area contributed by atoms with Gasteiger partial charge in [0.25, 0.3) is 5.91 Å². The van der Waals surface area contributed by atoms with Crippen LogP contribution in [0.3, 0.4) is 0 Å². The predicted octanol–water partition coefficient (Wildman–Crippen LogP) is 5.17. The summed E-state index contributed by atoms with van der Waals surface area (Å²) in [5.74, 6) is 0.00426. The molecule has 27 heavy (non-hydrogen) atoms. The lowest BCUT2D eigenvalue weighted by Gasteiger charge is -2.26. The fraction of sp³-hybridized carbons (Fsp3) is 0.458. The molecule has 1 fully saturated rings. The van der Waals surface area contributed by atoms with Crippen LogP contribution in [0.5, 0.6) is 0 Å². The van der Waals surface area contributed by atoms with E-state index in [1.54, 1.807) is 0 Å². The molecular weight excluding hydrogens is 332 g/mol. The van der Waals surface area contributed by atoms with Crippen LogP contribution in [-0.4, -0.2) is 23.9 Å². The Morgan fingerprint density at radius 3 is 2.33 bits per heavy atom. The minimum atomic E-state index is 0.00426. The van der Waals surface area contributed by atoms with E-state index < -0.39 is 0 Å². The molecule has 0 aromatic heterocycles. The highest BCUT2D eigenvalue weighted by Gasteiger charge is 2.15. The van der Waals surface area contributed by atoms with E-state index in [1.165, 1.54) is 54.6 Å². The van der Waals surface area contributed by atoms with Crippen molar-refractivity contribution in [2.75, 3.05) is 13.1 Å². The average Bonchev–Trinajstić information content (AvgIpc) is 2.69. The minimum absolute atomic E-state index is 0.00426. The van der Waals surface area contributed by atoms with Crippen LogP contribution in [-0.2, 0) is 6.54 Å². The Morgan fingerprint density at radius 2 is 1.70 bits per heavy atom. The van der Waals surface area contributed by atoms with E-state index in [-0.39, 0.29) is 11.9 Å². The summed E-state index contributed by atoms with van der Waals surface area (Å²) >= 11 is 0. The number of nitrogens with one attached hydrogen (secondary N) is 1. The van der Waals surface area contributed by atoms with E-state index in [2.05, 4.69) is 61.3 Å². The number of nitrogens with zero attached hydrogens (tertiary/aromatic N) is 1. The molecule has 1 amide bonds. The lowest BCUT2D eigenvalue weighted by Crippen LogP contribution is -2.29. The second kappa shape index (κ2) is 9.18. The fourth-order valence-electron chi connectivity index (χ4n) is 3.78. The molecule has 1 N–H and O–H groups in total. The minimum Gasteiger partial charge on any atom is -0.345 e. The predicted molar refractivity (Wildman–Crippen MR) is 112 cm³/mol. The van der Waals surface area contributed by atoms with Gasteiger partial charge < -0.3 is 5.32 Å². The molecule has 144 valence electrons. The first-order valence-corrected chi connectivity index (χ1v) is 10.3. The second-order valence-corrected chi connectivity index (χ2v) is 7.81. The van der Waals surface area contributed by atoms with Crippen LogP contribution in [0.15, 0.2) is 42.5 Å². The molecule has 3 rings (SSSR count). The summed E-state index contributed by atoms with van der Waals surface area (Å²) in [5.41, 5.74) is 5.75. The first kappa shape index (κ1) is 19.6. The zero-order valence-corrected chi connectivity index (χ0v) is 16.9. The molecule has 1 atom stereocenters. The zero-order chi connectivity index (χ0) is 19.2. The summed E-state index contributed by atoms with van der Waals surface area (Å²) in [6, 6.07) is 14.6. The molecule has 1 heterocycles. The van der Waals surface area contributed by atoms with Crippen molar-refractivity contribution in [1.82, 2.24) is 10.2 Å². The smallest absolute Gasteiger partial charge is 0.251 e. The molecule has 0 bridgehead atoms. The molecule has 1 aliphatic rings. The van der Waals surface area contributed by atoms with Crippen molar-refractivity contribution in [2.45, 2.75) is 59.0 Å². The van der Waals surface area contributed by atoms with Crippen LogP contribution in [0, 0.1) is 13.8 Å². The molecule has 0 saturated carbocycles. The van der Waals surface area contributed by atoms with Crippen LogP contribution in [0.2, 0.25) is 0 Å².